The minimum absolute atomic E-state index is 0.0141. The monoisotopic (exact) mass is 638 g/mol. The van der Waals surface area contributed by atoms with Crippen LogP contribution in [0.5, 0.6) is 0 Å². The smallest absolute Gasteiger partial charge is 0.243 e. The van der Waals surface area contributed by atoms with Gasteiger partial charge in [0.05, 0.1) is 17.0 Å². The van der Waals surface area contributed by atoms with E-state index < -0.39 is 22.2 Å². The van der Waals surface area contributed by atoms with Crippen molar-refractivity contribution in [3.63, 3.8) is 0 Å². The molecule has 1 aromatic heterocycles. The Morgan fingerprint density at radius 1 is 0.848 bits per heavy atom. The van der Waals surface area contributed by atoms with E-state index in [-0.39, 0.29) is 36.2 Å². The van der Waals surface area contributed by atoms with E-state index in [4.69, 9.17) is 0 Å². The molecule has 0 radical (unpaired) electrons. The summed E-state index contributed by atoms with van der Waals surface area (Å²) in [6.45, 7) is 1.13. The highest BCUT2D eigenvalue weighted by atomic mass is 32.2. The minimum Gasteiger partial charge on any atom is -0.390 e. The summed E-state index contributed by atoms with van der Waals surface area (Å²) in [5, 5.41) is 18.3. The van der Waals surface area contributed by atoms with Gasteiger partial charge in [0.15, 0.2) is 0 Å². The molecule has 10 heteroatoms. The Morgan fingerprint density at radius 3 is 2.15 bits per heavy atom. The maximum absolute atomic E-state index is 14.0. The highest BCUT2D eigenvalue weighted by Crippen LogP contribution is 2.23. The largest absolute Gasteiger partial charge is 0.390 e. The van der Waals surface area contributed by atoms with E-state index in [1.165, 1.54) is 35.5 Å². The van der Waals surface area contributed by atoms with E-state index in [9.17, 15) is 23.1 Å². The maximum atomic E-state index is 14.0. The summed E-state index contributed by atoms with van der Waals surface area (Å²) in [6, 6.07) is 31.7. The van der Waals surface area contributed by atoms with Crippen molar-refractivity contribution < 1.29 is 23.1 Å². The molecule has 4 N–H and O–H groups in total. The number of rotatable bonds is 14. The fourth-order valence-electron chi connectivity index (χ4n) is 5.45. The Labute approximate surface area is 269 Å². The lowest BCUT2D eigenvalue weighted by atomic mass is 10.00. The number of para-hydroxylation sites is 1. The second kappa shape index (κ2) is 15.0. The Kier molecular flexibility index (Phi) is 10.6. The number of fused-ring (bicyclic) bond motifs is 1. The van der Waals surface area contributed by atoms with Crippen LogP contribution in [0.1, 0.15) is 30.0 Å². The van der Waals surface area contributed by atoms with Crippen LogP contribution in [0.3, 0.4) is 0 Å². The van der Waals surface area contributed by atoms with E-state index in [1.54, 1.807) is 0 Å². The van der Waals surface area contributed by atoms with Gasteiger partial charge in [-0.1, -0.05) is 78.9 Å². The van der Waals surface area contributed by atoms with Crippen LogP contribution in [0.25, 0.3) is 10.9 Å². The SMILES string of the molecule is CC(=O)Nc1ccc(S(=O)(=O)N(Cc2ccccc2)C[C@@H](O)[C@H](Cc2ccccc2)NC(=O)CCc2c[nH]c3ccccc23)cc1. The van der Waals surface area contributed by atoms with Gasteiger partial charge >= 0.3 is 0 Å². The molecule has 0 unspecified atom stereocenters. The van der Waals surface area contributed by atoms with Gasteiger partial charge in [0.2, 0.25) is 21.8 Å². The highest BCUT2D eigenvalue weighted by Gasteiger charge is 2.31. The number of aromatic nitrogens is 1. The van der Waals surface area contributed by atoms with Crippen molar-refractivity contribution in [3.05, 3.63) is 132 Å². The number of aryl methyl sites for hydroxylation is 1. The van der Waals surface area contributed by atoms with Crippen LogP contribution in [0.4, 0.5) is 5.69 Å². The summed E-state index contributed by atoms with van der Waals surface area (Å²) in [5.74, 6) is -0.506. The number of hydrogen-bond donors (Lipinski definition) is 4. The molecule has 5 rings (SSSR count). The number of H-pyrrole nitrogens is 1. The first-order chi connectivity index (χ1) is 22.2. The summed E-state index contributed by atoms with van der Waals surface area (Å²) in [5.41, 5.74) is 4.14. The summed E-state index contributed by atoms with van der Waals surface area (Å²) in [7, 11) is -4.09. The third kappa shape index (κ3) is 8.48. The van der Waals surface area contributed by atoms with Gasteiger partial charge in [0.25, 0.3) is 0 Å². The molecule has 2 atom stereocenters. The fraction of sp³-hybridized carbons (Fsp3) is 0.222. The molecule has 238 valence electrons. The lowest BCUT2D eigenvalue weighted by Crippen LogP contribution is -2.50. The number of sulfonamides is 1. The summed E-state index contributed by atoms with van der Waals surface area (Å²) < 4.78 is 29.2. The molecular weight excluding hydrogens is 600 g/mol. The number of aliphatic hydroxyl groups excluding tert-OH is 1. The average Bonchev–Trinajstić information content (AvgIpc) is 3.47. The number of hydrogen-bond acceptors (Lipinski definition) is 5. The molecule has 1 heterocycles. The zero-order chi connectivity index (χ0) is 32.5. The normalized spacial score (nSPS) is 12.9. The van der Waals surface area contributed by atoms with Crippen LogP contribution < -0.4 is 10.6 Å². The zero-order valence-electron chi connectivity index (χ0n) is 25.6. The molecule has 0 bridgehead atoms. The minimum atomic E-state index is -4.09. The number of nitrogens with zero attached hydrogens (tertiary/aromatic N) is 1. The van der Waals surface area contributed by atoms with E-state index in [1.807, 2.05) is 91.1 Å². The van der Waals surface area contributed by atoms with Crippen LogP contribution >= 0.6 is 0 Å². The van der Waals surface area contributed by atoms with Gasteiger partial charge < -0.3 is 20.7 Å². The molecule has 0 saturated heterocycles. The first kappa shape index (κ1) is 32.6. The number of nitrogens with one attached hydrogen (secondary N) is 3. The first-order valence-electron chi connectivity index (χ1n) is 15.2. The fourth-order valence-corrected chi connectivity index (χ4v) is 6.90. The summed E-state index contributed by atoms with van der Waals surface area (Å²) in [6.07, 6.45) is 1.70. The van der Waals surface area contributed by atoms with Gasteiger partial charge in [-0.3, -0.25) is 9.59 Å². The summed E-state index contributed by atoms with van der Waals surface area (Å²) in [4.78, 5) is 28.0. The Balaban J connectivity index is 1.37. The van der Waals surface area contributed by atoms with Crippen molar-refractivity contribution in [2.24, 2.45) is 0 Å². The number of carbonyl (C=O) groups excluding carboxylic acids is 2. The van der Waals surface area contributed by atoms with Crippen LogP contribution in [-0.2, 0) is 39.0 Å². The van der Waals surface area contributed by atoms with Crippen molar-refractivity contribution in [2.75, 3.05) is 11.9 Å². The van der Waals surface area contributed by atoms with Crippen molar-refractivity contribution in [2.45, 2.75) is 49.8 Å². The predicted molar refractivity (Wildman–Crippen MR) is 179 cm³/mol. The molecule has 0 spiro atoms. The number of aromatic amines is 1. The standard InChI is InChI=1S/C36H38N4O5S/c1-26(41)38-30-17-19-31(20-18-30)46(44,45)40(24-28-12-6-3-7-13-28)25-35(42)34(22-27-10-4-2-5-11-27)39-36(43)21-16-29-23-37-33-15-9-8-14-32(29)33/h2-15,17-20,23,34-35,37,42H,16,21-22,24-25H2,1H3,(H,38,41)(H,39,43)/t34-,35+/m0/s1. The van der Waals surface area contributed by atoms with Crippen molar-refractivity contribution in [1.82, 2.24) is 14.6 Å². The van der Waals surface area contributed by atoms with Crippen LogP contribution in [0, 0.1) is 0 Å². The third-order valence-electron chi connectivity index (χ3n) is 7.81. The second-order valence-corrected chi connectivity index (χ2v) is 13.2. The second-order valence-electron chi connectivity index (χ2n) is 11.3. The number of anilines is 1. The van der Waals surface area contributed by atoms with Gasteiger partial charge in [-0.15, -0.1) is 0 Å². The number of carbonyl (C=O) groups is 2. The van der Waals surface area contributed by atoms with E-state index in [2.05, 4.69) is 15.6 Å². The van der Waals surface area contributed by atoms with Crippen molar-refractivity contribution in [3.8, 4) is 0 Å². The molecule has 0 aliphatic heterocycles. The average molecular weight is 639 g/mol. The Bertz CT molecular complexity index is 1860. The first-order valence-corrected chi connectivity index (χ1v) is 16.6. The van der Waals surface area contributed by atoms with Gasteiger partial charge in [0, 0.05) is 49.2 Å². The molecule has 0 saturated carbocycles. The Hall–Kier alpha value is -4.77. The van der Waals surface area contributed by atoms with Crippen LogP contribution in [0.15, 0.2) is 120 Å². The number of benzene rings is 4. The molecule has 4 aromatic carbocycles. The maximum Gasteiger partial charge on any atom is 0.243 e. The van der Waals surface area contributed by atoms with E-state index in [0.717, 1.165) is 27.6 Å². The van der Waals surface area contributed by atoms with Gasteiger partial charge in [0.1, 0.15) is 0 Å². The Morgan fingerprint density at radius 2 is 1.48 bits per heavy atom. The van der Waals surface area contributed by atoms with E-state index >= 15 is 0 Å². The molecule has 5 aromatic rings. The van der Waals surface area contributed by atoms with Gasteiger partial charge in [-0.2, -0.15) is 4.31 Å². The molecule has 0 aliphatic carbocycles. The zero-order valence-corrected chi connectivity index (χ0v) is 26.4. The van der Waals surface area contributed by atoms with Crippen LogP contribution in [0.2, 0.25) is 0 Å². The third-order valence-corrected chi connectivity index (χ3v) is 9.64. The molecular formula is C36H38N4O5S. The topological polar surface area (TPSA) is 132 Å². The lowest BCUT2D eigenvalue weighted by Gasteiger charge is -2.30. The predicted octanol–water partition coefficient (Wildman–Crippen LogP) is 5.04. The molecule has 0 fully saturated rings. The molecule has 0 aliphatic rings. The highest BCUT2D eigenvalue weighted by molar-refractivity contribution is 7.89. The number of aliphatic hydroxyl groups is 1. The van der Waals surface area contributed by atoms with Gasteiger partial charge in [-0.05, 0) is 59.9 Å². The quantitative estimate of drug-likeness (QED) is 0.135. The van der Waals surface area contributed by atoms with Crippen molar-refractivity contribution >= 4 is 38.4 Å². The lowest BCUT2D eigenvalue weighted by molar-refractivity contribution is -0.122. The van der Waals surface area contributed by atoms with Gasteiger partial charge in [-0.25, -0.2) is 8.42 Å². The molecule has 2 amide bonds. The summed E-state index contributed by atoms with van der Waals surface area (Å²) >= 11 is 0. The van der Waals surface area contributed by atoms with E-state index in [0.29, 0.717) is 18.5 Å². The van der Waals surface area contributed by atoms with Crippen LogP contribution in [-0.4, -0.2) is 53.3 Å². The molecule has 46 heavy (non-hydrogen) atoms. The number of amides is 2. The van der Waals surface area contributed by atoms with Crippen molar-refractivity contribution in [1.29, 1.82) is 0 Å². The molecule has 9 nitrogen and oxygen atoms in total.